The average Bonchev–Trinajstić information content (AvgIpc) is 2.78. The van der Waals surface area contributed by atoms with E-state index in [4.69, 9.17) is 9.73 Å². The van der Waals surface area contributed by atoms with Crippen LogP contribution in [0.1, 0.15) is 47.3 Å². The van der Waals surface area contributed by atoms with Crippen LogP contribution in [0.5, 0.6) is 0 Å². The fourth-order valence-electron chi connectivity index (χ4n) is 3.13. The SMILES string of the molecule is CCCOCc1ccccc1CN=C(NCC)NCCc1cccc(C(=O)N(C)C)c1.I. The van der Waals surface area contributed by atoms with Gasteiger partial charge < -0.3 is 20.3 Å². The van der Waals surface area contributed by atoms with Gasteiger partial charge in [0.25, 0.3) is 5.91 Å². The Labute approximate surface area is 209 Å². The van der Waals surface area contributed by atoms with Crippen molar-refractivity contribution in [1.29, 1.82) is 0 Å². The first-order valence-electron chi connectivity index (χ1n) is 11.0. The lowest BCUT2D eigenvalue weighted by Gasteiger charge is -2.14. The Balaban J connectivity index is 0.00000512. The zero-order valence-electron chi connectivity index (χ0n) is 19.7. The zero-order valence-corrected chi connectivity index (χ0v) is 22.0. The van der Waals surface area contributed by atoms with Gasteiger partial charge in [-0.1, -0.05) is 43.3 Å². The minimum Gasteiger partial charge on any atom is -0.377 e. The number of amides is 1. The van der Waals surface area contributed by atoms with Crippen LogP contribution in [0.25, 0.3) is 0 Å². The maximum Gasteiger partial charge on any atom is 0.253 e. The Morgan fingerprint density at radius 1 is 1.03 bits per heavy atom. The second-order valence-electron chi connectivity index (χ2n) is 7.59. The minimum absolute atomic E-state index is 0. The smallest absolute Gasteiger partial charge is 0.253 e. The highest BCUT2D eigenvalue weighted by atomic mass is 127. The van der Waals surface area contributed by atoms with Crippen LogP contribution in [0.15, 0.2) is 53.5 Å². The molecule has 0 heterocycles. The third-order valence-electron chi connectivity index (χ3n) is 4.76. The summed E-state index contributed by atoms with van der Waals surface area (Å²) < 4.78 is 5.71. The van der Waals surface area contributed by atoms with Gasteiger partial charge in [-0.25, -0.2) is 4.99 Å². The molecule has 2 aromatic rings. The van der Waals surface area contributed by atoms with Crippen molar-refractivity contribution in [2.45, 2.75) is 39.8 Å². The Morgan fingerprint density at radius 2 is 1.78 bits per heavy atom. The van der Waals surface area contributed by atoms with Gasteiger partial charge in [-0.15, -0.1) is 24.0 Å². The van der Waals surface area contributed by atoms with E-state index < -0.39 is 0 Å². The van der Waals surface area contributed by atoms with Crippen LogP contribution in [-0.4, -0.2) is 50.6 Å². The van der Waals surface area contributed by atoms with E-state index in [9.17, 15) is 4.79 Å². The lowest BCUT2D eigenvalue weighted by Crippen LogP contribution is -2.38. The highest BCUT2D eigenvalue weighted by Gasteiger charge is 2.08. The number of nitrogens with zero attached hydrogens (tertiary/aromatic N) is 2. The Morgan fingerprint density at radius 3 is 2.47 bits per heavy atom. The second-order valence-corrected chi connectivity index (χ2v) is 7.59. The van der Waals surface area contributed by atoms with Gasteiger partial charge in [0, 0.05) is 39.4 Å². The predicted octanol–water partition coefficient (Wildman–Crippen LogP) is 4.23. The van der Waals surface area contributed by atoms with E-state index in [0.717, 1.165) is 44.1 Å². The molecular formula is C25H37IN4O2. The van der Waals surface area contributed by atoms with E-state index in [-0.39, 0.29) is 29.9 Å². The minimum atomic E-state index is 0. The molecule has 0 radical (unpaired) electrons. The van der Waals surface area contributed by atoms with E-state index in [1.54, 1.807) is 19.0 Å². The van der Waals surface area contributed by atoms with Crippen LogP contribution < -0.4 is 10.6 Å². The fraction of sp³-hybridized carbons (Fsp3) is 0.440. The summed E-state index contributed by atoms with van der Waals surface area (Å²) in [6.45, 7) is 7.66. The molecule has 0 fully saturated rings. The number of hydrogen-bond donors (Lipinski definition) is 2. The number of rotatable bonds is 11. The molecular weight excluding hydrogens is 515 g/mol. The molecule has 0 saturated heterocycles. The molecule has 32 heavy (non-hydrogen) atoms. The first-order chi connectivity index (χ1) is 15.0. The summed E-state index contributed by atoms with van der Waals surface area (Å²) in [4.78, 5) is 18.5. The summed E-state index contributed by atoms with van der Waals surface area (Å²) in [6, 6.07) is 16.1. The zero-order chi connectivity index (χ0) is 22.5. The number of hydrogen-bond acceptors (Lipinski definition) is 3. The number of ether oxygens (including phenoxy) is 1. The van der Waals surface area contributed by atoms with Crippen molar-refractivity contribution in [2.24, 2.45) is 4.99 Å². The van der Waals surface area contributed by atoms with Gasteiger partial charge in [0.2, 0.25) is 0 Å². The highest BCUT2D eigenvalue weighted by molar-refractivity contribution is 14.0. The molecule has 0 aliphatic carbocycles. The van der Waals surface area contributed by atoms with Gasteiger partial charge in [-0.05, 0) is 48.6 Å². The van der Waals surface area contributed by atoms with Gasteiger partial charge >= 0.3 is 0 Å². The summed E-state index contributed by atoms with van der Waals surface area (Å²) in [5.41, 5.74) is 4.18. The summed E-state index contributed by atoms with van der Waals surface area (Å²) in [7, 11) is 3.54. The van der Waals surface area contributed by atoms with Crippen molar-refractivity contribution in [2.75, 3.05) is 33.8 Å². The number of aliphatic imine (C=N–C) groups is 1. The van der Waals surface area contributed by atoms with Gasteiger partial charge in [0.05, 0.1) is 13.2 Å². The molecule has 0 saturated carbocycles. The molecule has 7 heteroatoms. The van der Waals surface area contributed by atoms with Crippen LogP contribution in [0.4, 0.5) is 0 Å². The van der Waals surface area contributed by atoms with Gasteiger partial charge in [-0.2, -0.15) is 0 Å². The number of nitrogens with one attached hydrogen (secondary N) is 2. The van der Waals surface area contributed by atoms with Crippen LogP contribution in [0, 0.1) is 0 Å². The summed E-state index contributed by atoms with van der Waals surface area (Å²) in [6.07, 6.45) is 1.82. The van der Waals surface area contributed by atoms with E-state index in [1.807, 2.05) is 36.4 Å². The maximum absolute atomic E-state index is 12.2. The van der Waals surface area contributed by atoms with Crippen molar-refractivity contribution in [3.05, 3.63) is 70.8 Å². The number of guanidine groups is 1. The van der Waals surface area contributed by atoms with E-state index in [1.165, 1.54) is 11.1 Å². The third-order valence-corrected chi connectivity index (χ3v) is 4.76. The van der Waals surface area contributed by atoms with E-state index in [0.29, 0.717) is 18.7 Å². The Bertz CT molecular complexity index is 855. The average molecular weight is 553 g/mol. The predicted molar refractivity (Wildman–Crippen MR) is 143 cm³/mol. The molecule has 0 aliphatic rings. The maximum atomic E-state index is 12.2. The lowest BCUT2D eigenvalue weighted by atomic mass is 10.1. The number of benzene rings is 2. The summed E-state index contributed by atoms with van der Waals surface area (Å²) in [5.74, 6) is 0.804. The standard InChI is InChI=1S/C25H36N4O2.HI/c1-5-16-31-19-23-12-8-7-11-22(23)18-28-25(26-6-2)27-15-14-20-10-9-13-21(17-20)24(30)29(3)4;/h7-13,17H,5-6,14-16,18-19H2,1-4H3,(H2,26,27,28);1H. The fourth-order valence-corrected chi connectivity index (χ4v) is 3.13. The molecule has 2 N–H and O–H groups in total. The van der Waals surface area contributed by atoms with Gasteiger partial charge in [-0.3, -0.25) is 4.79 Å². The normalized spacial score (nSPS) is 10.9. The molecule has 6 nitrogen and oxygen atoms in total. The molecule has 176 valence electrons. The molecule has 0 bridgehead atoms. The molecule has 2 aromatic carbocycles. The van der Waals surface area contributed by atoms with E-state index >= 15 is 0 Å². The first-order valence-corrected chi connectivity index (χ1v) is 11.0. The Kier molecular flexibility index (Phi) is 13.6. The monoisotopic (exact) mass is 552 g/mol. The summed E-state index contributed by atoms with van der Waals surface area (Å²) >= 11 is 0. The van der Waals surface area contributed by atoms with Crippen LogP contribution in [0.2, 0.25) is 0 Å². The number of halogens is 1. The summed E-state index contributed by atoms with van der Waals surface area (Å²) in [5, 5.41) is 6.70. The molecule has 0 atom stereocenters. The topological polar surface area (TPSA) is 66.0 Å². The largest absolute Gasteiger partial charge is 0.377 e. The molecule has 1 amide bonds. The lowest BCUT2D eigenvalue weighted by molar-refractivity contribution is 0.0827. The Hall–Kier alpha value is -2.13. The molecule has 2 rings (SSSR count). The van der Waals surface area contributed by atoms with Crippen molar-refractivity contribution < 1.29 is 9.53 Å². The van der Waals surface area contributed by atoms with Crippen molar-refractivity contribution >= 4 is 35.8 Å². The number of carbonyl (C=O) groups excluding carboxylic acids is 1. The molecule has 0 unspecified atom stereocenters. The van der Waals surface area contributed by atoms with Crippen molar-refractivity contribution in [1.82, 2.24) is 15.5 Å². The third kappa shape index (κ3) is 9.56. The van der Waals surface area contributed by atoms with Crippen LogP contribution in [-0.2, 0) is 24.3 Å². The van der Waals surface area contributed by atoms with Crippen LogP contribution >= 0.6 is 24.0 Å². The first kappa shape index (κ1) is 27.9. The highest BCUT2D eigenvalue weighted by Crippen LogP contribution is 2.12. The van der Waals surface area contributed by atoms with Gasteiger partial charge in [0.1, 0.15) is 0 Å². The second kappa shape index (κ2) is 15.6. The van der Waals surface area contributed by atoms with Gasteiger partial charge in [0.15, 0.2) is 5.96 Å². The van der Waals surface area contributed by atoms with E-state index in [2.05, 4.69) is 36.6 Å². The van der Waals surface area contributed by atoms with Crippen LogP contribution in [0.3, 0.4) is 0 Å². The quantitative estimate of drug-likeness (QED) is 0.190. The number of carbonyl (C=O) groups is 1. The molecule has 0 aliphatic heterocycles. The molecule has 0 aromatic heterocycles. The molecule has 0 spiro atoms. The van der Waals surface area contributed by atoms with Crippen molar-refractivity contribution in [3.8, 4) is 0 Å². The van der Waals surface area contributed by atoms with Crippen molar-refractivity contribution in [3.63, 3.8) is 0 Å².